The largest absolute Gasteiger partial charge is 0.396 e. The number of pyridine rings is 1. The molecular formula is C12H14N6. The van der Waals surface area contributed by atoms with E-state index in [2.05, 4.69) is 15.4 Å². The highest BCUT2D eigenvalue weighted by molar-refractivity contribution is 5.63. The van der Waals surface area contributed by atoms with Crippen molar-refractivity contribution in [1.29, 1.82) is 5.26 Å². The molecule has 92 valence electrons. The zero-order chi connectivity index (χ0) is 13.0. The maximum absolute atomic E-state index is 8.70. The Morgan fingerprint density at radius 2 is 2.33 bits per heavy atom. The topological polar surface area (TPSA) is 92.5 Å². The molecule has 0 bridgehead atoms. The summed E-state index contributed by atoms with van der Waals surface area (Å²) in [5, 5.41) is 15.9. The Hall–Kier alpha value is -2.55. The van der Waals surface area contributed by atoms with Crippen LogP contribution in [0.5, 0.6) is 0 Å². The summed E-state index contributed by atoms with van der Waals surface area (Å²) in [6.07, 6.45) is 6.15. The first-order chi connectivity index (χ1) is 8.69. The Morgan fingerprint density at radius 3 is 2.94 bits per heavy atom. The summed E-state index contributed by atoms with van der Waals surface area (Å²) in [5.74, 6) is 0.609. The number of nitrogens with zero attached hydrogens (tertiary/aromatic N) is 4. The van der Waals surface area contributed by atoms with E-state index in [1.807, 2.05) is 25.5 Å². The molecule has 0 spiro atoms. The van der Waals surface area contributed by atoms with Crippen molar-refractivity contribution < 1.29 is 0 Å². The van der Waals surface area contributed by atoms with Gasteiger partial charge in [0.2, 0.25) is 0 Å². The molecule has 0 radical (unpaired) electrons. The lowest BCUT2D eigenvalue weighted by atomic mass is 10.2. The van der Waals surface area contributed by atoms with E-state index in [-0.39, 0.29) is 0 Å². The number of aryl methyl sites for hydroxylation is 1. The zero-order valence-electron chi connectivity index (χ0n) is 10.1. The second kappa shape index (κ2) is 5.19. The molecule has 0 unspecified atom stereocenters. The molecule has 0 aliphatic carbocycles. The van der Waals surface area contributed by atoms with E-state index >= 15 is 0 Å². The molecule has 2 rings (SSSR count). The van der Waals surface area contributed by atoms with E-state index in [0.717, 1.165) is 18.5 Å². The normalized spacial score (nSPS) is 10.0. The molecule has 2 aromatic heterocycles. The molecule has 0 aromatic carbocycles. The van der Waals surface area contributed by atoms with E-state index in [9.17, 15) is 0 Å². The predicted molar refractivity (Wildman–Crippen MR) is 68.8 cm³/mol. The van der Waals surface area contributed by atoms with Crippen LogP contribution in [0.4, 0.5) is 11.5 Å². The molecule has 18 heavy (non-hydrogen) atoms. The third-order valence-electron chi connectivity index (χ3n) is 2.51. The molecule has 2 heterocycles. The summed E-state index contributed by atoms with van der Waals surface area (Å²) in [6, 6.07) is 3.61. The molecule has 0 amide bonds. The van der Waals surface area contributed by atoms with Crippen LogP contribution in [-0.2, 0) is 13.5 Å². The maximum atomic E-state index is 8.70. The fraction of sp³-hybridized carbons (Fsp3) is 0.250. The number of nitriles is 1. The van der Waals surface area contributed by atoms with Gasteiger partial charge in [-0.25, -0.2) is 4.98 Å². The molecular weight excluding hydrogens is 228 g/mol. The Morgan fingerprint density at radius 1 is 1.50 bits per heavy atom. The van der Waals surface area contributed by atoms with Crippen molar-refractivity contribution in [3.63, 3.8) is 0 Å². The molecule has 2 aromatic rings. The second-order valence-corrected chi connectivity index (χ2v) is 3.97. The molecule has 0 saturated heterocycles. The summed E-state index contributed by atoms with van der Waals surface area (Å²) >= 11 is 0. The smallest absolute Gasteiger partial charge is 0.149 e. The number of nitrogen functional groups attached to an aromatic ring is 1. The van der Waals surface area contributed by atoms with Gasteiger partial charge in [-0.05, 0) is 18.1 Å². The summed E-state index contributed by atoms with van der Waals surface area (Å²) in [7, 11) is 1.89. The lowest BCUT2D eigenvalue weighted by molar-refractivity contribution is 0.767. The van der Waals surface area contributed by atoms with Crippen molar-refractivity contribution in [3.05, 3.63) is 35.8 Å². The van der Waals surface area contributed by atoms with Gasteiger partial charge in [0.1, 0.15) is 11.9 Å². The van der Waals surface area contributed by atoms with Gasteiger partial charge in [-0.3, -0.25) is 4.68 Å². The molecule has 0 fully saturated rings. The van der Waals surface area contributed by atoms with E-state index in [0.29, 0.717) is 17.1 Å². The van der Waals surface area contributed by atoms with Crippen molar-refractivity contribution in [3.8, 4) is 6.07 Å². The van der Waals surface area contributed by atoms with Crippen LogP contribution in [0.3, 0.4) is 0 Å². The number of hydrogen-bond acceptors (Lipinski definition) is 5. The number of nitrogens with two attached hydrogens (primary N) is 1. The van der Waals surface area contributed by atoms with E-state index in [1.54, 1.807) is 10.7 Å². The highest BCUT2D eigenvalue weighted by Gasteiger charge is 2.02. The molecule has 6 heteroatoms. The predicted octanol–water partition coefficient (Wildman–Crippen LogP) is 0.924. The Bertz CT molecular complexity index is 580. The van der Waals surface area contributed by atoms with Gasteiger partial charge in [-0.2, -0.15) is 10.4 Å². The molecule has 3 N–H and O–H groups in total. The minimum Gasteiger partial charge on any atom is -0.396 e. The Kier molecular flexibility index (Phi) is 3.44. The first-order valence-electron chi connectivity index (χ1n) is 5.56. The van der Waals surface area contributed by atoms with Crippen LogP contribution in [0.1, 0.15) is 11.1 Å². The summed E-state index contributed by atoms with van der Waals surface area (Å²) < 4.78 is 1.77. The SMILES string of the molecule is Cn1cc(CCNc2ncc(C#N)cc2N)cn1. The van der Waals surface area contributed by atoms with Gasteiger partial charge in [-0.15, -0.1) is 0 Å². The van der Waals surface area contributed by atoms with Crippen LogP contribution in [-0.4, -0.2) is 21.3 Å². The van der Waals surface area contributed by atoms with Gasteiger partial charge in [0.25, 0.3) is 0 Å². The van der Waals surface area contributed by atoms with Crippen LogP contribution < -0.4 is 11.1 Å². The van der Waals surface area contributed by atoms with E-state index in [1.165, 1.54) is 6.20 Å². The lowest BCUT2D eigenvalue weighted by Gasteiger charge is -2.07. The quantitative estimate of drug-likeness (QED) is 0.831. The number of rotatable bonds is 4. The van der Waals surface area contributed by atoms with E-state index < -0.39 is 0 Å². The van der Waals surface area contributed by atoms with E-state index in [4.69, 9.17) is 11.0 Å². The fourth-order valence-corrected chi connectivity index (χ4v) is 1.62. The Balaban J connectivity index is 1.92. The first-order valence-corrected chi connectivity index (χ1v) is 5.56. The summed E-state index contributed by atoms with van der Waals surface area (Å²) in [5.41, 5.74) is 7.89. The van der Waals surface area contributed by atoms with Crippen molar-refractivity contribution >= 4 is 11.5 Å². The van der Waals surface area contributed by atoms with Crippen LogP contribution in [0.15, 0.2) is 24.7 Å². The van der Waals surface area contributed by atoms with Crippen molar-refractivity contribution in [2.45, 2.75) is 6.42 Å². The van der Waals surface area contributed by atoms with Crippen LogP contribution in [0.2, 0.25) is 0 Å². The first kappa shape index (κ1) is 11.9. The van der Waals surface area contributed by atoms with Gasteiger partial charge in [0.05, 0.1) is 17.4 Å². The third kappa shape index (κ3) is 2.77. The molecule has 0 aliphatic rings. The van der Waals surface area contributed by atoms with Gasteiger partial charge in [-0.1, -0.05) is 0 Å². The molecule has 6 nitrogen and oxygen atoms in total. The van der Waals surface area contributed by atoms with Crippen molar-refractivity contribution in [2.75, 3.05) is 17.6 Å². The number of nitrogens with one attached hydrogen (secondary N) is 1. The number of hydrogen-bond donors (Lipinski definition) is 2. The van der Waals surface area contributed by atoms with Crippen molar-refractivity contribution in [1.82, 2.24) is 14.8 Å². The average Bonchev–Trinajstić information content (AvgIpc) is 2.77. The summed E-state index contributed by atoms with van der Waals surface area (Å²) in [4.78, 5) is 4.11. The van der Waals surface area contributed by atoms with Gasteiger partial charge in [0, 0.05) is 26.0 Å². The number of aromatic nitrogens is 3. The van der Waals surface area contributed by atoms with Crippen LogP contribution in [0.25, 0.3) is 0 Å². The fourth-order valence-electron chi connectivity index (χ4n) is 1.62. The van der Waals surface area contributed by atoms with Crippen LogP contribution >= 0.6 is 0 Å². The van der Waals surface area contributed by atoms with Gasteiger partial charge >= 0.3 is 0 Å². The molecule has 0 atom stereocenters. The molecule has 0 aliphatic heterocycles. The lowest BCUT2D eigenvalue weighted by Crippen LogP contribution is -2.08. The average molecular weight is 242 g/mol. The van der Waals surface area contributed by atoms with Gasteiger partial charge < -0.3 is 11.1 Å². The monoisotopic (exact) mass is 242 g/mol. The highest BCUT2D eigenvalue weighted by atomic mass is 15.2. The van der Waals surface area contributed by atoms with Gasteiger partial charge in [0.15, 0.2) is 0 Å². The Labute approximate surface area is 105 Å². The third-order valence-corrected chi connectivity index (χ3v) is 2.51. The highest BCUT2D eigenvalue weighted by Crippen LogP contribution is 2.15. The minimum absolute atomic E-state index is 0.463. The standard InChI is InChI=1S/C12H14N6/c1-18-8-9(7-17-18)2-3-15-12-11(14)4-10(5-13)6-16-12/h4,6-8H,2-3,14H2,1H3,(H,15,16). The van der Waals surface area contributed by atoms with Crippen LogP contribution in [0, 0.1) is 11.3 Å². The second-order valence-electron chi connectivity index (χ2n) is 3.97. The zero-order valence-corrected chi connectivity index (χ0v) is 10.1. The summed E-state index contributed by atoms with van der Waals surface area (Å²) in [6.45, 7) is 0.717. The van der Waals surface area contributed by atoms with Crippen molar-refractivity contribution in [2.24, 2.45) is 7.05 Å². The number of anilines is 2. The molecule has 0 saturated carbocycles. The maximum Gasteiger partial charge on any atom is 0.149 e. The minimum atomic E-state index is 0.463.